The molecule has 1 aromatic carbocycles. The van der Waals surface area contributed by atoms with Crippen molar-refractivity contribution in [2.75, 3.05) is 43.1 Å². The molecule has 0 bridgehead atoms. The molecule has 8 heteroatoms. The molecular formula is C23H33N5O3. The lowest BCUT2D eigenvalue weighted by Crippen LogP contribution is -2.40. The molecule has 8 nitrogen and oxygen atoms in total. The third kappa shape index (κ3) is 6.07. The van der Waals surface area contributed by atoms with Crippen molar-refractivity contribution < 1.29 is 9.53 Å². The van der Waals surface area contributed by atoms with Gasteiger partial charge in [-0.3, -0.25) is 4.79 Å². The zero-order valence-electron chi connectivity index (χ0n) is 19.1. The number of nitrogens with one attached hydrogen (secondary N) is 2. The number of aromatic nitrogens is 2. The van der Waals surface area contributed by atoms with Crippen molar-refractivity contribution in [3.8, 4) is 11.3 Å². The predicted molar refractivity (Wildman–Crippen MR) is 124 cm³/mol. The summed E-state index contributed by atoms with van der Waals surface area (Å²) in [6.45, 7) is 11.6. The van der Waals surface area contributed by atoms with Crippen LogP contribution in [0.1, 0.15) is 32.8 Å². The molecule has 1 aromatic heterocycles. The molecule has 0 aliphatic carbocycles. The first-order chi connectivity index (χ1) is 14.6. The molecule has 0 saturated carbocycles. The molecule has 31 heavy (non-hydrogen) atoms. The van der Waals surface area contributed by atoms with Crippen LogP contribution < -0.4 is 21.1 Å². The fourth-order valence-electron chi connectivity index (χ4n) is 3.46. The van der Waals surface area contributed by atoms with E-state index in [4.69, 9.17) is 4.74 Å². The second-order valence-electron chi connectivity index (χ2n) is 9.16. The number of benzene rings is 1. The Balaban J connectivity index is 1.82. The van der Waals surface area contributed by atoms with Gasteiger partial charge in [0.25, 0.3) is 5.56 Å². The smallest absolute Gasteiger partial charge is 0.319 e. The van der Waals surface area contributed by atoms with E-state index in [2.05, 4.69) is 36.5 Å². The van der Waals surface area contributed by atoms with Crippen molar-refractivity contribution in [1.29, 1.82) is 0 Å². The molecule has 1 fully saturated rings. The topological polar surface area (TPSA) is 88.5 Å². The van der Waals surface area contributed by atoms with E-state index >= 15 is 0 Å². The summed E-state index contributed by atoms with van der Waals surface area (Å²) in [5.74, 6) is 0. The van der Waals surface area contributed by atoms with E-state index < -0.39 is 0 Å². The van der Waals surface area contributed by atoms with Crippen LogP contribution in [0.5, 0.6) is 0 Å². The lowest BCUT2D eigenvalue weighted by molar-refractivity contribution is 0.122. The number of rotatable bonds is 5. The van der Waals surface area contributed by atoms with Gasteiger partial charge in [0.15, 0.2) is 0 Å². The summed E-state index contributed by atoms with van der Waals surface area (Å²) < 4.78 is 6.79. The Hall–Kier alpha value is -2.87. The Morgan fingerprint density at radius 3 is 2.58 bits per heavy atom. The van der Waals surface area contributed by atoms with Crippen molar-refractivity contribution in [3.05, 3.63) is 40.2 Å². The lowest BCUT2D eigenvalue weighted by atomic mass is 9.92. The summed E-state index contributed by atoms with van der Waals surface area (Å²) in [6.07, 6.45) is 0.895. The fourth-order valence-corrected chi connectivity index (χ4v) is 3.46. The number of hydrogen-bond acceptors (Lipinski definition) is 5. The number of ether oxygens (including phenoxy) is 1. The van der Waals surface area contributed by atoms with Crippen molar-refractivity contribution in [1.82, 2.24) is 15.1 Å². The summed E-state index contributed by atoms with van der Waals surface area (Å²) >= 11 is 0. The average molecular weight is 428 g/mol. The zero-order valence-corrected chi connectivity index (χ0v) is 19.1. The van der Waals surface area contributed by atoms with Crippen LogP contribution in [0.3, 0.4) is 0 Å². The number of carbonyl (C=O) groups is 1. The summed E-state index contributed by atoms with van der Waals surface area (Å²) in [5, 5.41) is 10.3. The van der Waals surface area contributed by atoms with Crippen molar-refractivity contribution in [2.45, 2.75) is 34.1 Å². The predicted octanol–water partition coefficient (Wildman–Crippen LogP) is 3.15. The van der Waals surface area contributed by atoms with Gasteiger partial charge in [-0.25, -0.2) is 9.48 Å². The van der Waals surface area contributed by atoms with E-state index in [0.717, 1.165) is 17.5 Å². The molecule has 2 heterocycles. The normalized spacial score (nSPS) is 14.4. The molecule has 0 atom stereocenters. The maximum Gasteiger partial charge on any atom is 0.319 e. The average Bonchev–Trinajstić information content (AvgIpc) is 2.71. The number of nitrogens with zero attached hydrogens (tertiary/aromatic N) is 3. The van der Waals surface area contributed by atoms with Crippen LogP contribution in [0.2, 0.25) is 0 Å². The van der Waals surface area contributed by atoms with Gasteiger partial charge in [-0.2, -0.15) is 5.10 Å². The van der Waals surface area contributed by atoms with Gasteiger partial charge < -0.3 is 20.3 Å². The maximum atomic E-state index is 12.7. The summed E-state index contributed by atoms with van der Waals surface area (Å²) in [6, 6.07) is 7.31. The standard InChI is InChI=1S/C23H33N5O3/c1-16-6-7-17(25-22(30)24-9-8-23(2,3)4)14-18(16)19-15-20(21(29)27(5)26-19)28-10-12-31-13-11-28/h6-7,14-15H,8-13H2,1-5H3,(H2,24,25,30). The van der Waals surface area contributed by atoms with Crippen LogP contribution in [0.4, 0.5) is 16.2 Å². The Morgan fingerprint density at radius 1 is 1.19 bits per heavy atom. The Morgan fingerprint density at radius 2 is 1.90 bits per heavy atom. The molecule has 1 aliphatic rings. The van der Waals surface area contributed by atoms with Gasteiger partial charge in [0.2, 0.25) is 0 Å². The maximum absolute atomic E-state index is 12.7. The number of hydrogen-bond donors (Lipinski definition) is 2. The van der Waals surface area contributed by atoms with E-state index in [1.54, 1.807) is 7.05 Å². The Labute approximate surface area is 183 Å². The minimum atomic E-state index is -0.235. The quantitative estimate of drug-likeness (QED) is 0.765. The molecule has 168 valence electrons. The Kier molecular flexibility index (Phi) is 7.00. The number of morpholine rings is 1. The molecule has 2 amide bonds. The number of anilines is 2. The van der Waals surface area contributed by atoms with Crippen molar-refractivity contribution >= 4 is 17.4 Å². The molecule has 2 aromatic rings. The monoisotopic (exact) mass is 427 g/mol. The Bertz CT molecular complexity index is 988. The third-order valence-electron chi connectivity index (χ3n) is 5.33. The minimum absolute atomic E-state index is 0.129. The molecule has 1 aliphatic heterocycles. The molecule has 1 saturated heterocycles. The molecule has 3 rings (SSSR count). The van der Waals surface area contributed by atoms with E-state index in [-0.39, 0.29) is 17.0 Å². The summed E-state index contributed by atoms with van der Waals surface area (Å²) in [5.41, 5.74) is 3.91. The number of amides is 2. The number of aryl methyl sites for hydroxylation is 2. The van der Waals surface area contributed by atoms with Crippen LogP contribution in [0.25, 0.3) is 11.3 Å². The van der Waals surface area contributed by atoms with E-state index in [9.17, 15) is 9.59 Å². The minimum Gasteiger partial charge on any atom is -0.378 e. The lowest BCUT2D eigenvalue weighted by Gasteiger charge is -2.28. The van der Waals surface area contributed by atoms with Gasteiger partial charge in [0, 0.05) is 37.9 Å². The van der Waals surface area contributed by atoms with Gasteiger partial charge in [-0.1, -0.05) is 26.8 Å². The summed E-state index contributed by atoms with van der Waals surface area (Å²) in [4.78, 5) is 27.0. The van der Waals surface area contributed by atoms with Crippen molar-refractivity contribution in [2.24, 2.45) is 12.5 Å². The van der Waals surface area contributed by atoms with Crippen LogP contribution in [0, 0.1) is 12.3 Å². The highest BCUT2D eigenvalue weighted by atomic mass is 16.5. The van der Waals surface area contributed by atoms with Crippen molar-refractivity contribution in [3.63, 3.8) is 0 Å². The third-order valence-corrected chi connectivity index (χ3v) is 5.33. The molecule has 2 N–H and O–H groups in total. The molecule has 0 unspecified atom stereocenters. The van der Waals surface area contributed by atoms with Gasteiger partial charge in [0.1, 0.15) is 5.69 Å². The second-order valence-corrected chi connectivity index (χ2v) is 9.16. The van der Waals surface area contributed by atoms with E-state index in [1.165, 1.54) is 4.68 Å². The van der Waals surface area contributed by atoms with Crippen LogP contribution in [-0.4, -0.2) is 48.7 Å². The summed E-state index contributed by atoms with van der Waals surface area (Å²) in [7, 11) is 1.66. The van der Waals surface area contributed by atoms with Crippen LogP contribution in [-0.2, 0) is 11.8 Å². The highest BCUT2D eigenvalue weighted by Crippen LogP contribution is 2.27. The van der Waals surface area contributed by atoms with Crippen LogP contribution >= 0.6 is 0 Å². The largest absolute Gasteiger partial charge is 0.378 e. The van der Waals surface area contributed by atoms with Gasteiger partial charge in [-0.05, 0) is 42.5 Å². The first-order valence-electron chi connectivity index (χ1n) is 10.7. The van der Waals surface area contributed by atoms with E-state index in [0.29, 0.717) is 49.9 Å². The second kappa shape index (κ2) is 9.51. The van der Waals surface area contributed by atoms with Gasteiger partial charge in [-0.15, -0.1) is 0 Å². The van der Waals surface area contributed by atoms with Gasteiger partial charge >= 0.3 is 6.03 Å². The SMILES string of the molecule is Cc1ccc(NC(=O)NCCC(C)(C)C)cc1-c1cc(N2CCOCC2)c(=O)n(C)n1. The molecule has 0 radical (unpaired) electrons. The fraction of sp³-hybridized carbons (Fsp3) is 0.522. The highest BCUT2D eigenvalue weighted by molar-refractivity contribution is 5.90. The van der Waals surface area contributed by atoms with Crippen LogP contribution in [0.15, 0.2) is 29.1 Å². The molecular weight excluding hydrogens is 394 g/mol. The number of carbonyl (C=O) groups excluding carboxylic acids is 1. The van der Waals surface area contributed by atoms with E-state index in [1.807, 2.05) is 36.1 Å². The van der Waals surface area contributed by atoms with Gasteiger partial charge in [0.05, 0.1) is 18.9 Å². The highest BCUT2D eigenvalue weighted by Gasteiger charge is 2.18. The first kappa shape index (κ1) is 22.8. The zero-order chi connectivity index (χ0) is 22.6. The first-order valence-corrected chi connectivity index (χ1v) is 10.7. The number of urea groups is 1. The molecule has 0 spiro atoms.